The molecule has 2 N–H and O–H groups in total. The summed E-state index contributed by atoms with van der Waals surface area (Å²) >= 11 is 5.97. The highest BCUT2D eigenvalue weighted by molar-refractivity contribution is 6.30. The number of hydrogen-bond acceptors (Lipinski definition) is 4. The van der Waals surface area contributed by atoms with Crippen LogP contribution in [0.3, 0.4) is 0 Å². The molecule has 0 atom stereocenters. The first-order chi connectivity index (χ1) is 10.6. The second-order valence-electron chi connectivity index (χ2n) is 4.43. The minimum absolute atomic E-state index is 0.0806. The Labute approximate surface area is 130 Å². The second-order valence-corrected chi connectivity index (χ2v) is 4.87. The van der Waals surface area contributed by atoms with Crippen LogP contribution in [0.25, 0.3) is 11.1 Å². The normalized spacial score (nSPS) is 10.4. The van der Waals surface area contributed by atoms with Crippen molar-refractivity contribution >= 4 is 17.6 Å². The van der Waals surface area contributed by atoms with Gasteiger partial charge in [-0.3, -0.25) is 0 Å². The lowest BCUT2D eigenvalue weighted by atomic mass is 10.1. The van der Waals surface area contributed by atoms with Gasteiger partial charge in [0.1, 0.15) is 5.75 Å². The number of aromatic amines is 1. The van der Waals surface area contributed by atoms with Crippen molar-refractivity contribution in [3.05, 3.63) is 59.2 Å². The highest BCUT2D eigenvalue weighted by Crippen LogP contribution is 2.27. The molecule has 1 heterocycles. The molecule has 0 bridgehead atoms. The fraction of sp³-hybridized carbons (Fsp3) is 0. The van der Waals surface area contributed by atoms with Gasteiger partial charge in [-0.2, -0.15) is 0 Å². The summed E-state index contributed by atoms with van der Waals surface area (Å²) in [5.74, 6) is -0.805. The van der Waals surface area contributed by atoms with E-state index in [0.29, 0.717) is 10.8 Å². The summed E-state index contributed by atoms with van der Waals surface area (Å²) in [7, 11) is 0. The zero-order valence-electron chi connectivity index (χ0n) is 11.2. The summed E-state index contributed by atoms with van der Waals surface area (Å²) in [5, 5.41) is 18.9. The van der Waals surface area contributed by atoms with Gasteiger partial charge in [0.25, 0.3) is 5.88 Å². The molecule has 0 radical (unpaired) electrons. The Hall–Kier alpha value is -2.86. The molecule has 0 spiro atoms. The quantitative estimate of drug-likeness (QED) is 0.767. The molecule has 0 fully saturated rings. The Morgan fingerprint density at radius 3 is 2.59 bits per heavy atom. The number of nitrogens with one attached hydrogen (secondary N) is 1. The van der Waals surface area contributed by atoms with Crippen molar-refractivity contribution in [1.29, 1.82) is 0 Å². The van der Waals surface area contributed by atoms with Crippen LogP contribution in [0.4, 0.5) is 0 Å². The fourth-order valence-corrected chi connectivity index (χ4v) is 2.11. The first-order valence-corrected chi connectivity index (χ1v) is 6.69. The van der Waals surface area contributed by atoms with E-state index in [-0.39, 0.29) is 11.6 Å². The van der Waals surface area contributed by atoms with Gasteiger partial charge in [-0.15, -0.1) is 0 Å². The monoisotopic (exact) mass is 315 g/mol. The number of halogens is 1. The Kier molecular flexibility index (Phi) is 3.76. The topological polar surface area (TPSA) is 88.1 Å². The van der Waals surface area contributed by atoms with Crippen molar-refractivity contribution in [2.75, 3.05) is 0 Å². The lowest BCUT2D eigenvalue weighted by Gasteiger charge is -2.05. The smallest absolute Gasteiger partial charge is 0.359 e. The van der Waals surface area contributed by atoms with E-state index in [9.17, 15) is 4.79 Å². The summed E-state index contributed by atoms with van der Waals surface area (Å²) in [6.07, 6.45) is 0. The SMILES string of the molecule is O=C(O)c1[nH]nnc1Oc1ccc(-c2cccc(Cl)c2)cc1. The van der Waals surface area contributed by atoms with Crippen LogP contribution in [0.1, 0.15) is 10.5 Å². The third-order valence-electron chi connectivity index (χ3n) is 2.96. The zero-order chi connectivity index (χ0) is 15.5. The van der Waals surface area contributed by atoms with Crippen LogP contribution in [0.2, 0.25) is 5.02 Å². The molecule has 3 rings (SSSR count). The summed E-state index contributed by atoms with van der Waals surface area (Å²) in [5.41, 5.74) is 1.75. The first-order valence-electron chi connectivity index (χ1n) is 6.31. The highest BCUT2D eigenvalue weighted by atomic mass is 35.5. The number of H-pyrrole nitrogens is 1. The molecule has 1 aromatic heterocycles. The summed E-state index contributed by atoms with van der Waals surface area (Å²) < 4.78 is 5.41. The maximum absolute atomic E-state index is 10.9. The molecule has 0 unspecified atom stereocenters. The molecule has 110 valence electrons. The third-order valence-corrected chi connectivity index (χ3v) is 3.19. The molecule has 7 heteroatoms. The molecule has 3 aromatic rings. The molecule has 0 aliphatic carbocycles. The molecule has 0 aliphatic heterocycles. The van der Waals surface area contributed by atoms with Crippen LogP contribution < -0.4 is 4.74 Å². The highest BCUT2D eigenvalue weighted by Gasteiger charge is 2.16. The van der Waals surface area contributed by atoms with Crippen molar-refractivity contribution in [1.82, 2.24) is 15.4 Å². The van der Waals surface area contributed by atoms with E-state index in [1.165, 1.54) is 0 Å². The maximum Gasteiger partial charge on any atom is 0.359 e. The standard InChI is InChI=1S/C15H10ClN3O3/c16-11-3-1-2-10(8-11)9-4-6-12(7-5-9)22-14-13(15(20)21)17-19-18-14/h1-8H,(H,20,21)(H,17,18,19). The van der Waals surface area contributed by atoms with E-state index in [1.54, 1.807) is 18.2 Å². The minimum Gasteiger partial charge on any atom is -0.476 e. The number of nitrogens with zero attached hydrogens (tertiary/aromatic N) is 2. The fourth-order valence-electron chi connectivity index (χ4n) is 1.92. The van der Waals surface area contributed by atoms with E-state index in [2.05, 4.69) is 15.4 Å². The molecular weight excluding hydrogens is 306 g/mol. The van der Waals surface area contributed by atoms with Gasteiger partial charge in [0.15, 0.2) is 0 Å². The van der Waals surface area contributed by atoms with Crippen LogP contribution >= 0.6 is 11.6 Å². The molecule has 0 amide bonds. The van der Waals surface area contributed by atoms with Crippen LogP contribution in [0.15, 0.2) is 48.5 Å². The van der Waals surface area contributed by atoms with Crippen LogP contribution in [-0.2, 0) is 0 Å². The lowest BCUT2D eigenvalue weighted by Crippen LogP contribution is -1.99. The summed E-state index contributed by atoms with van der Waals surface area (Å²) in [4.78, 5) is 10.9. The van der Waals surface area contributed by atoms with Crippen molar-refractivity contribution in [2.45, 2.75) is 0 Å². The predicted molar refractivity (Wildman–Crippen MR) is 80.3 cm³/mol. The average molecular weight is 316 g/mol. The van der Waals surface area contributed by atoms with Crippen molar-refractivity contribution in [2.24, 2.45) is 0 Å². The molecule has 6 nitrogen and oxygen atoms in total. The minimum atomic E-state index is -1.18. The van der Waals surface area contributed by atoms with Crippen molar-refractivity contribution in [3.8, 4) is 22.8 Å². The molecule has 0 saturated heterocycles. The molecule has 0 aliphatic rings. The van der Waals surface area contributed by atoms with E-state index in [1.807, 2.05) is 30.3 Å². The van der Waals surface area contributed by atoms with Gasteiger partial charge in [-0.1, -0.05) is 46.2 Å². The molecular formula is C15H10ClN3O3. The van der Waals surface area contributed by atoms with Gasteiger partial charge < -0.3 is 9.84 Å². The lowest BCUT2D eigenvalue weighted by molar-refractivity contribution is 0.0687. The maximum atomic E-state index is 10.9. The van der Waals surface area contributed by atoms with Gasteiger partial charge >= 0.3 is 5.97 Å². The Morgan fingerprint density at radius 2 is 1.91 bits per heavy atom. The van der Waals surface area contributed by atoms with Gasteiger partial charge in [0, 0.05) is 5.02 Å². The second kappa shape index (κ2) is 5.87. The van der Waals surface area contributed by atoms with E-state index in [0.717, 1.165) is 11.1 Å². The van der Waals surface area contributed by atoms with Crippen molar-refractivity contribution < 1.29 is 14.6 Å². The zero-order valence-corrected chi connectivity index (χ0v) is 11.9. The van der Waals surface area contributed by atoms with Crippen LogP contribution in [0, 0.1) is 0 Å². The van der Waals surface area contributed by atoms with Gasteiger partial charge in [-0.05, 0) is 35.4 Å². The average Bonchev–Trinajstić information content (AvgIpc) is 2.96. The number of hydrogen-bond donors (Lipinski definition) is 2. The number of carboxylic acids is 1. The molecule has 2 aromatic carbocycles. The van der Waals surface area contributed by atoms with E-state index >= 15 is 0 Å². The van der Waals surface area contributed by atoms with E-state index in [4.69, 9.17) is 21.4 Å². The Bertz CT molecular complexity index is 815. The Morgan fingerprint density at radius 1 is 1.14 bits per heavy atom. The van der Waals surface area contributed by atoms with Gasteiger partial charge in [0.2, 0.25) is 5.69 Å². The number of rotatable bonds is 4. The number of carbonyl (C=O) groups is 1. The first kappa shape index (κ1) is 14.1. The van der Waals surface area contributed by atoms with E-state index < -0.39 is 5.97 Å². The largest absolute Gasteiger partial charge is 0.476 e. The summed E-state index contributed by atoms with van der Waals surface area (Å²) in [6.45, 7) is 0. The Balaban J connectivity index is 1.83. The third kappa shape index (κ3) is 2.91. The van der Waals surface area contributed by atoms with Crippen LogP contribution in [0.5, 0.6) is 11.6 Å². The number of ether oxygens (including phenoxy) is 1. The number of benzene rings is 2. The van der Waals surface area contributed by atoms with Crippen LogP contribution in [-0.4, -0.2) is 26.5 Å². The molecule has 22 heavy (non-hydrogen) atoms. The van der Waals surface area contributed by atoms with Gasteiger partial charge in [0.05, 0.1) is 0 Å². The summed E-state index contributed by atoms with van der Waals surface area (Å²) in [6, 6.07) is 14.6. The van der Waals surface area contributed by atoms with Gasteiger partial charge in [-0.25, -0.2) is 9.89 Å². The molecule has 0 saturated carbocycles. The number of carboxylic acid groups (broad SMARTS) is 1. The number of aromatic nitrogens is 3. The van der Waals surface area contributed by atoms with Crippen molar-refractivity contribution in [3.63, 3.8) is 0 Å². The predicted octanol–water partition coefficient (Wildman–Crippen LogP) is 3.62. The number of aromatic carboxylic acids is 1.